The number of carboxylic acid groups (broad SMARTS) is 2. The Kier molecular flexibility index (Phi) is 51.2. The molecule has 0 unspecified atom stereocenters. The predicted octanol–water partition coefficient (Wildman–Crippen LogP) is -8.82. The second kappa shape index (κ2) is 15.8. The third-order valence-corrected chi connectivity index (χ3v) is 0. The third kappa shape index (κ3) is 58.4. The number of carbonyl (C=O) groups is 1. The van der Waals surface area contributed by atoms with Crippen molar-refractivity contribution in [3.05, 3.63) is 0 Å². The largest absolute Gasteiger partial charge is 2.00 e. The fraction of sp³-hybridized carbons (Fsp3) is 0. The molecule has 0 spiro atoms. The van der Waals surface area contributed by atoms with Crippen LogP contribution in [0, 0.1) is 0 Å². The summed E-state index contributed by atoms with van der Waals surface area (Å²) in [6.07, 6.45) is -2.33. The number of hydrogen-bond donors (Lipinski definition) is 0. The fourth-order valence-corrected chi connectivity index (χ4v) is 0. The molecule has 6 heteroatoms. The second-order valence-electron chi connectivity index (χ2n) is 0.250. The third-order valence-electron chi connectivity index (χ3n) is 0. The minimum atomic E-state index is -2.33. The van der Waals surface area contributed by atoms with Crippen molar-refractivity contribution >= 4 is 43.9 Å². The van der Waals surface area contributed by atoms with E-state index in [1.165, 1.54) is 0 Å². The molecule has 0 saturated heterocycles. The molecule has 3 nitrogen and oxygen atoms in total. The Morgan fingerprint density at radius 3 is 1.29 bits per heavy atom. The molecule has 0 bridgehead atoms. The Labute approximate surface area is 120 Å². The Bertz CT molecular complexity index is 37.9. The van der Waals surface area contributed by atoms with Crippen LogP contribution in [0.2, 0.25) is 0 Å². The van der Waals surface area contributed by atoms with E-state index in [1.807, 2.05) is 0 Å². The van der Waals surface area contributed by atoms with E-state index in [0.29, 0.717) is 0 Å². The summed E-state index contributed by atoms with van der Waals surface area (Å²) in [4.78, 5) is 8.33. The molecule has 0 aliphatic carbocycles. The van der Waals surface area contributed by atoms with E-state index < -0.39 is 6.16 Å². The van der Waals surface area contributed by atoms with Gasteiger partial charge < -0.3 is 27.4 Å². The van der Waals surface area contributed by atoms with Crippen LogP contribution in [-0.4, -0.2) is 43.9 Å². The quantitative estimate of drug-likeness (QED) is 0.343. The van der Waals surface area contributed by atoms with Gasteiger partial charge in [0.05, 0.1) is 0 Å². The molecule has 0 heterocycles. The number of rotatable bonds is 0. The molecular weight excluding hydrogens is 175 g/mol. The van der Waals surface area contributed by atoms with Crippen LogP contribution in [0.1, 0.15) is 0 Å². The summed E-state index contributed by atoms with van der Waals surface area (Å²) in [5.41, 5.74) is 0. The van der Waals surface area contributed by atoms with Crippen molar-refractivity contribution in [2.45, 2.75) is 0 Å². The number of carbonyl (C=O) groups excluding carboxylic acids is 1. The van der Waals surface area contributed by atoms with Crippen molar-refractivity contribution in [3.8, 4) is 0 Å². The first kappa shape index (κ1) is 22.7. The molecule has 0 fully saturated rings. The Morgan fingerprint density at radius 1 is 1.29 bits per heavy atom. The first-order chi connectivity index (χ1) is 1.73. The van der Waals surface area contributed by atoms with Crippen LogP contribution in [-0.2, 0) is 0 Å². The second-order valence-corrected chi connectivity index (χ2v) is 0.250. The Balaban J connectivity index is -0.0000000150. The zero-order chi connectivity index (χ0) is 3.58. The van der Waals surface area contributed by atoms with Crippen LogP contribution in [0.25, 0.3) is 0 Å². The predicted molar refractivity (Wildman–Crippen MR) is 11.1 cm³/mol. The summed E-state index contributed by atoms with van der Waals surface area (Å²) in [5.74, 6) is 0. The monoisotopic (exact) mass is 174 g/mol. The van der Waals surface area contributed by atoms with Gasteiger partial charge in [-0.15, -0.1) is 0 Å². The minimum Gasteiger partial charge on any atom is -1.00 e. The van der Waals surface area contributed by atoms with Crippen molar-refractivity contribution in [2.24, 2.45) is 0 Å². The van der Waals surface area contributed by atoms with Gasteiger partial charge >= 0.3 is 89.1 Å². The van der Waals surface area contributed by atoms with Crippen LogP contribution >= 0.6 is 0 Å². The van der Waals surface area contributed by atoms with E-state index in [1.54, 1.807) is 0 Å². The van der Waals surface area contributed by atoms with Gasteiger partial charge in [-0.2, -0.15) is 0 Å². The maximum Gasteiger partial charge on any atom is 2.00 e. The Morgan fingerprint density at radius 2 is 1.29 bits per heavy atom. The topological polar surface area (TPSA) is 63.2 Å². The van der Waals surface area contributed by atoms with Gasteiger partial charge in [0.25, 0.3) is 0 Å². The SMILES string of the molecule is O=C([O-])[O-].[Ca+2].[Cl-].[K+]. The Hall–Kier alpha value is 2.46. The molecule has 0 aliphatic rings. The van der Waals surface area contributed by atoms with Gasteiger partial charge in [-0.3, -0.25) is 0 Å². The maximum absolute atomic E-state index is 8.33. The van der Waals surface area contributed by atoms with E-state index in [-0.39, 0.29) is 102 Å². The van der Waals surface area contributed by atoms with Gasteiger partial charge in [-0.05, 0) is 6.16 Å². The molecule has 0 aliphatic heterocycles. The van der Waals surface area contributed by atoms with Crippen LogP contribution in [0.5, 0.6) is 0 Å². The van der Waals surface area contributed by atoms with E-state index in [4.69, 9.17) is 15.0 Å². The smallest absolute Gasteiger partial charge is 1.00 e. The maximum atomic E-state index is 8.33. The molecule has 0 N–H and O–H groups in total. The molecule has 0 radical (unpaired) electrons. The van der Waals surface area contributed by atoms with Crippen molar-refractivity contribution < 1.29 is 78.8 Å². The molecule has 0 aromatic carbocycles. The van der Waals surface area contributed by atoms with Crippen LogP contribution < -0.4 is 74.0 Å². The zero-order valence-electron chi connectivity index (χ0n) is 3.81. The van der Waals surface area contributed by atoms with Crippen LogP contribution in [0.3, 0.4) is 0 Å². The summed E-state index contributed by atoms with van der Waals surface area (Å²) < 4.78 is 0. The zero-order valence-corrected chi connectivity index (χ0v) is 9.90. The first-order valence-corrected chi connectivity index (χ1v) is 0.612. The fourth-order valence-electron chi connectivity index (χ4n) is 0. The molecule has 32 valence electrons. The molecule has 0 rings (SSSR count). The summed E-state index contributed by atoms with van der Waals surface area (Å²) >= 11 is 0. The van der Waals surface area contributed by atoms with Crippen LogP contribution in [0.15, 0.2) is 0 Å². The summed E-state index contributed by atoms with van der Waals surface area (Å²) in [6, 6.07) is 0. The first-order valence-electron chi connectivity index (χ1n) is 0.612. The van der Waals surface area contributed by atoms with Crippen LogP contribution in [0.4, 0.5) is 4.79 Å². The number of halogens is 1. The van der Waals surface area contributed by atoms with E-state index >= 15 is 0 Å². The molecule has 7 heavy (non-hydrogen) atoms. The van der Waals surface area contributed by atoms with Crippen molar-refractivity contribution in [1.29, 1.82) is 0 Å². The molecule has 0 saturated carbocycles. The van der Waals surface area contributed by atoms with Gasteiger partial charge in [0.2, 0.25) is 0 Å². The summed E-state index contributed by atoms with van der Waals surface area (Å²) in [5, 5.41) is 16.7. The van der Waals surface area contributed by atoms with E-state index in [2.05, 4.69) is 0 Å². The molecular formula is CCaClKO3. The van der Waals surface area contributed by atoms with E-state index in [0.717, 1.165) is 0 Å². The van der Waals surface area contributed by atoms with Gasteiger partial charge in [0, 0.05) is 0 Å². The summed E-state index contributed by atoms with van der Waals surface area (Å²) in [6.45, 7) is 0. The van der Waals surface area contributed by atoms with Gasteiger partial charge in [-0.25, -0.2) is 0 Å². The van der Waals surface area contributed by atoms with Gasteiger partial charge in [0.15, 0.2) is 0 Å². The van der Waals surface area contributed by atoms with Gasteiger partial charge in [0.1, 0.15) is 0 Å². The van der Waals surface area contributed by atoms with Gasteiger partial charge in [-0.1, -0.05) is 0 Å². The summed E-state index contributed by atoms with van der Waals surface area (Å²) in [7, 11) is 0. The van der Waals surface area contributed by atoms with Crippen molar-refractivity contribution in [2.75, 3.05) is 0 Å². The average molecular weight is 175 g/mol. The number of hydrogen-bond acceptors (Lipinski definition) is 3. The minimum absolute atomic E-state index is 0. The normalized spacial score (nSPS) is 3.43. The molecule has 0 aromatic heterocycles. The molecule has 0 amide bonds. The van der Waals surface area contributed by atoms with Crippen molar-refractivity contribution in [1.82, 2.24) is 0 Å². The molecule has 0 atom stereocenters. The molecule has 0 aromatic rings. The van der Waals surface area contributed by atoms with E-state index in [9.17, 15) is 0 Å². The van der Waals surface area contributed by atoms with Crippen molar-refractivity contribution in [3.63, 3.8) is 0 Å². The average Bonchev–Trinajstić information content (AvgIpc) is 0.811. The standard InChI is InChI=1S/CH2O3.Ca.ClH.K/c2-1(3)4;;;/h(H2,2,3,4);;1H;/q;+2;;+1/p-3.